The van der Waals surface area contributed by atoms with Gasteiger partial charge in [-0.2, -0.15) is 4.98 Å². The molecule has 132 valence electrons. The maximum atomic E-state index is 12.2. The van der Waals surface area contributed by atoms with Crippen molar-refractivity contribution in [3.05, 3.63) is 20.0 Å². The molecule has 3 atom stereocenters. The Bertz CT molecular complexity index is 830. The van der Waals surface area contributed by atoms with Crippen LogP contribution in [0.15, 0.2) is 9.59 Å². The molecular weight excluding hydrogens is 352 g/mol. The summed E-state index contributed by atoms with van der Waals surface area (Å²) in [5.41, 5.74) is 5.18. The molecule has 4 N–H and O–H groups in total. The molecule has 3 heterocycles. The number of aliphatic hydroxyl groups excluding tert-OH is 1. The fourth-order valence-electron chi connectivity index (χ4n) is 2.65. The molecular formula is C14H20N4O4S2. The van der Waals surface area contributed by atoms with E-state index in [0.29, 0.717) is 18.7 Å². The van der Waals surface area contributed by atoms with E-state index in [-0.39, 0.29) is 32.7 Å². The molecule has 3 rings (SSSR count). The van der Waals surface area contributed by atoms with Crippen LogP contribution < -0.4 is 16.2 Å². The highest BCUT2D eigenvalue weighted by Gasteiger charge is 2.32. The second-order valence-electron chi connectivity index (χ2n) is 5.75. The number of fused-ring (bicyclic) bond motifs is 1. The van der Waals surface area contributed by atoms with Crippen LogP contribution in [0, 0.1) is 0 Å². The van der Waals surface area contributed by atoms with Gasteiger partial charge in [0.25, 0.3) is 5.56 Å². The third kappa shape index (κ3) is 3.51. The van der Waals surface area contributed by atoms with Crippen molar-refractivity contribution >= 4 is 39.4 Å². The van der Waals surface area contributed by atoms with Crippen molar-refractivity contribution in [2.45, 2.75) is 50.4 Å². The van der Waals surface area contributed by atoms with Gasteiger partial charge in [0.1, 0.15) is 10.1 Å². The van der Waals surface area contributed by atoms with Gasteiger partial charge >= 0.3 is 4.87 Å². The minimum absolute atomic E-state index is 0.0198. The van der Waals surface area contributed by atoms with E-state index in [0.717, 1.165) is 24.2 Å². The maximum Gasteiger partial charge on any atom is 0.309 e. The van der Waals surface area contributed by atoms with Crippen molar-refractivity contribution in [2.24, 2.45) is 0 Å². The second-order valence-corrected chi connectivity index (χ2v) is 7.84. The Morgan fingerprint density at radius 2 is 2.33 bits per heavy atom. The molecule has 1 aliphatic rings. The minimum atomic E-state index is -0.507. The molecule has 0 aromatic carbocycles. The highest BCUT2D eigenvalue weighted by Crippen LogP contribution is 2.30. The standard InChI is InChI=1S/C14H20N4O4S2/c1-2-3-4-8(19)12-22-7(6-23-12)5-18-10-9(24-14(18)21)11(20)17-13(15)16-10/h7-8,12,19H,2-6H2,1H3,(H3,15,16,17,20)/t7-,8?,12-/m0/s1. The number of aliphatic hydroxyl groups is 1. The van der Waals surface area contributed by atoms with Gasteiger partial charge in [-0.3, -0.25) is 19.1 Å². The summed E-state index contributed by atoms with van der Waals surface area (Å²) in [5, 5.41) is 10.1. The van der Waals surface area contributed by atoms with E-state index in [2.05, 4.69) is 16.9 Å². The van der Waals surface area contributed by atoms with Crippen molar-refractivity contribution < 1.29 is 9.84 Å². The van der Waals surface area contributed by atoms with Gasteiger partial charge in [0.05, 0.1) is 18.8 Å². The minimum Gasteiger partial charge on any atom is -0.390 e. The zero-order valence-electron chi connectivity index (χ0n) is 13.2. The van der Waals surface area contributed by atoms with Gasteiger partial charge in [-0.15, -0.1) is 11.8 Å². The summed E-state index contributed by atoms with van der Waals surface area (Å²) in [7, 11) is 0. The summed E-state index contributed by atoms with van der Waals surface area (Å²) in [6, 6.07) is 0. The average molecular weight is 372 g/mol. The first-order valence-electron chi connectivity index (χ1n) is 7.83. The summed E-state index contributed by atoms with van der Waals surface area (Å²) in [6.07, 6.45) is 1.96. The van der Waals surface area contributed by atoms with Gasteiger partial charge in [-0.25, -0.2) is 0 Å². The molecule has 1 fully saturated rings. The van der Waals surface area contributed by atoms with Crippen LogP contribution in [0.25, 0.3) is 10.3 Å². The smallest absolute Gasteiger partial charge is 0.309 e. The van der Waals surface area contributed by atoms with Crippen LogP contribution in [0.4, 0.5) is 5.95 Å². The molecule has 2 aromatic heterocycles. The van der Waals surface area contributed by atoms with Crippen LogP contribution in [-0.4, -0.2) is 43.0 Å². The molecule has 1 unspecified atom stereocenters. The number of nitrogens with zero attached hydrogens (tertiary/aromatic N) is 2. The van der Waals surface area contributed by atoms with Crippen LogP contribution in [0.3, 0.4) is 0 Å². The summed E-state index contributed by atoms with van der Waals surface area (Å²) in [5.74, 6) is 0.657. The van der Waals surface area contributed by atoms with Gasteiger partial charge in [-0.05, 0) is 6.42 Å². The van der Waals surface area contributed by atoms with E-state index in [4.69, 9.17) is 10.5 Å². The Balaban J connectivity index is 1.76. The molecule has 0 bridgehead atoms. The lowest BCUT2D eigenvalue weighted by atomic mass is 10.2. The number of aromatic nitrogens is 3. The van der Waals surface area contributed by atoms with Crippen LogP contribution in [0.2, 0.25) is 0 Å². The van der Waals surface area contributed by atoms with Crippen molar-refractivity contribution in [2.75, 3.05) is 11.5 Å². The number of thiazole rings is 1. The van der Waals surface area contributed by atoms with E-state index in [1.807, 2.05) is 0 Å². The second kappa shape index (κ2) is 7.26. The zero-order chi connectivity index (χ0) is 17.3. The fourth-order valence-corrected chi connectivity index (χ4v) is 4.67. The average Bonchev–Trinajstić information content (AvgIpc) is 3.12. The number of unbranched alkanes of at least 4 members (excludes halogenated alkanes) is 1. The third-order valence-corrected chi connectivity index (χ3v) is 6.15. The Labute approximate surface area is 146 Å². The number of nitrogens with one attached hydrogen (secondary N) is 1. The number of H-pyrrole nitrogens is 1. The van der Waals surface area contributed by atoms with Crippen LogP contribution in [-0.2, 0) is 11.3 Å². The number of hydrogen-bond acceptors (Lipinski definition) is 8. The quantitative estimate of drug-likeness (QED) is 0.683. The van der Waals surface area contributed by atoms with Gasteiger partial charge in [0, 0.05) is 5.75 Å². The topological polar surface area (TPSA) is 123 Å². The first-order chi connectivity index (χ1) is 11.5. The molecule has 8 nitrogen and oxygen atoms in total. The predicted octanol–water partition coefficient (Wildman–Crippen LogP) is 0.738. The third-order valence-electron chi connectivity index (χ3n) is 3.87. The first-order valence-corrected chi connectivity index (χ1v) is 9.70. The van der Waals surface area contributed by atoms with Crippen molar-refractivity contribution in [1.82, 2.24) is 14.5 Å². The molecule has 24 heavy (non-hydrogen) atoms. The SMILES string of the molecule is CCCCC(O)[C@H]1O[C@@H](Cn2c(=O)sc3c(=O)[nH]c(N)nc32)CS1. The molecule has 1 aliphatic heterocycles. The van der Waals surface area contributed by atoms with Gasteiger partial charge in [0.2, 0.25) is 5.95 Å². The molecule has 0 amide bonds. The maximum absolute atomic E-state index is 12.2. The van der Waals surface area contributed by atoms with E-state index in [1.54, 1.807) is 11.8 Å². The van der Waals surface area contributed by atoms with Crippen LogP contribution >= 0.6 is 23.1 Å². The number of nitrogen functional groups attached to an aromatic ring is 1. The predicted molar refractivity (Wildman–Crippen MR) is 95.6 cm³/mol. The summed E-state index contributed by atoms with van der Waals surface area (Å²) < 4.78 is 7.56. The number of aromatic amines is 1. The number of rotatable bonds is 6. The number of anilines is 1. The molecule has 2 aromatic rings. The Kier molecular flexibility index (Phi) is 5.28. The number of thioether (sulfide) groups is 1. The van der Waals surface area contributed by atoms with E-state index in [1.165, 1.54) is 4.57 Å². The van der Waals surface area contributed by atoms with Crippen molar-refractivity contribution in [3.8, 4) is 0 Å². The summed E-state index contributed by atoms with van der Waals surface area (Å²) in [4.78, 5) is 30.2. The highest BCUT2D eigenvalue weighted by molar-refractivity contribution is 8.00. The molecule has 0 spiro atoms. The zero-order valence-corrected chi connectivity index (χ0v) is 14.9. The van der Waals surface area contributed by atoms with Crippen molar-refractivity contribution in [1.29, 1.82) is 0 Å². The summed E-state index contributed by atoms with van der Waals surface area (Å²) >= 11 is 2.40. The molecule has 1 saturated heterocycles. The molecule has 0 saturated carbocycles. The lowest BCUT2D eigenvalue weighted by Crippen LogP contribution is -2.29. The lowest BCUT2D eigenvalue weighted by molar-refractivity contribution is -0.0174. The van der Waals surface area contributed by atoms with Gasteiger partial charge in [-0.1, -0.05) is 31.1 Å². The van der Waals surface area contributed by atoms with E-state index < -0.39 is 11.7 Å². The normalized spacial score (nSPS) is 22.2. The Hall–Kier alpha value is -1.36. The van der Waals surface area contributed by atoms with E-state index in [9.17, 15) is 14.7 Å². The van der Waals surface area contributed by atoms with Crippen molar-refractivity contribution in [3.63, 3.8) is 0 Å². The van der Waals surface area contributed by atoms with Gasteiger partial charge in [0.15, 0.2) is 5.65 Å². The van der Waals surface area contributed by atoms with Crippen LogP contribution in [0.5, 0.6) is 0 Å². The first kappa shape index (κ1) is 17.5. The Morgan fingerprint density at radius 1 is 1.54 bits per heavy atom. The summed E-state index contributed by atoms with van der Waals surface area (Å²) in [6.45, 7) is 2.37. The number of nitrogens with two attached hydrogens (primary N) is 1. The molecule has 0 radical (unpaired) electrons. The van der Waals surface area contributed by atoms with E-state index >= 15 is 0 Å². The fraction of sp³-hybridized carbons (Fsp3) is 0.643. The van der Waals surface area contributed by atoms with Crippen LogP contribution in [0.1, 0.15) is 26.2 Å². The lowest BCUT2D eigenvalue weighted by Gasteiger charge is -2.18. The number of ether oxygens (including phenoxy) is 1. The monoisotopic (exact) mass is 372 g/mol. The largest absolute Gasteiger partial charge is 0.390 e. The number of hydrogen-bond donors (Lipinski definition) is 3. The highest BCUT2D eigenvalue weighted by atomic mass is 32.2. The molecule has 10 heteroatoms. The Morgan fingerprint density at radius 3 is 3.08 bits per heavy atom. The van der Waals surface area contributed by atoms with Gasteiger partial charge < -0.3 is 15.6 Å². The molecule has 0 aliphatic carbocycles.